The molecule has 0 bridgehead atoms. The molecule has 0 unspecified atom stereocenters. The zero-order valence-corrected chi connectivity index (χ0v) is 3.66. The zero-order valence-electron chi connectivity index (χ0n) is 3.66. The molecule has 7 heavy (non-hydrogen) atoms. The minimum atomic E-state index is -1.54. The minimum absolute atomic E-state index is 0.292. The molecule has 5 heteroatoms. The van der Waals surface area contributed by atoms with Crippen LogP contribution in [0.15, 0.2) is 0 Å². The van der Waals surface area contributed by atoms with E-state index in [4.69, 9.17) is 10.3 Å². The van der Waals surface area contributed by atoms with Gasteiger partial charge in [-0.1, -0.05) is 5.23 Å². The van der Waals surface area contributed by atoms with Crippen molar-refractivity contribution in [3.8, 4) is 0 Å². The third-order valence-corrected chi connectivity index (χ3v) is 0.337. The third-order valence-electron chi connectivity index (χ3n) is 0.337. The van der Waals surface area contributed by atoms with Gasteiger partial charge in [0.1, 0.15) is 0 Å². The molecule has 0 aromatic rings. The van der Waals surface area contributed by atoms with Gasteiger partial charge in [-0.15, -0.1) is 0 Å². The lowest BCUT2D eigenvalue weighted by atomic mass is 11.3. The van der Waals surface area contributed by atoms with Crippen LogP contribution in [0.5, 0.6) is 0 Å². The molecule has 0 spiro atoms. The Hall–Kier alpha value is -0.810. The van der Waals surface area contributed by atoms with Gasteiger partial charge < -0.3 is 5.11 Å². The lowest BCUT2D eigenvalue weighted by Crippen LogP contribution is -2.23. The van der Waals surface area contributed by atoms with E-state index in [1.807, 2.05) is 0 Å². The van der Waals surface area contributed by atoms with E-state index in [0.717, 1.165) is 7.11 Å². The Bertz CT molecular complexity index is 72.1. The van der Waals surface area contributed by atoms with Gasteiger partial charge >= 0.3 is 6.09 Å². The van der Waals surface area contributed by atoms with Crippen molar-refractivity contribution in [3.63, 3.8) is 0 Å². The summed E-state index contributed by atoms with van der Waals surface area (Å²) in [7, 11) is 1.04. The summed E-state index contributed by atoms with van der Waals surface area (Å²) in [6, 6.07) is 0. The molecular formula is C2H5NO4. The summed E-state index contributed by atoms with van der Waals surface area (Å²) in [5.41, 5.74) is 0. The molecular weight excluding hydrogens is 102 g/mol. The van der Waals surface area contributed by atoms with Gasteiger partial charge in [-0.05, 0) is 0 Å². The minimum Gasteiger partial charge on any atom is -0.462 e. The molecule has 0 aromatic carbocycles. The van der Waals surface area contributed by atoms with Gasteiger partial charge in [-0.25, -0.2) is 9.63 Å². The molecule has 0 aromatic heterocycles. The fourth-order valence-corrected chi connectivity index (χ4v) is 0.0781. The van der Waals surface area contributed by atoms with Crippen molar-refractivity contribution in [1.82, 2.24) is 5.23 Å². The highest BCUT2D eigenvalue weighted by Gasteiger charge is 2.02. The first-order valence-corrected chi connectivity index (χ1v) is 1.44. The molecule has 1 amide bonds. The van der Waals surface area contributed by atoms with Crippen LogP contribution in [-0.4, -0.2) is 28.7 Å². The topological polar surface area (TPSA) is 70.0 Å². The van der Waals surface area contributed by atoms with Gasteiger partial charge in [0, 0.05) is 0 Å². The van der Waals surface area contributed by atoms with Gasteiger partial charge in [0.25, 0.3) is 0 Å². The Morgan fingerprint density at radius 2 is 2.29 bits per heavy atom. The quantitative estimate of drug-likeness (QED) is 0.363. The second-order valence-corrected chi connectivity index (χ2v) is 0.738. The Balaban J connectivity index is 3.34. The van der Waals surface area contributed by atoms with Crippen LogP contribution in [0, 0.1) is 0 Å². The highest BCUT2D eigenvalue weighted by molar-refractivity contribution is 5.61. The van der Waals surface area contributed by atoms with Crippen LogP contribution >= 0.6 is 0 Å². The van der Waals surface area contributed by atoms with Crippen molar-refractivity contribution in [2.24, 2.45) is 0 Å². The largest absolute Gasteiger partial charge is 0.462 e. The van der Waals surface area contributed by atoms with E-state index in [-0.39, 0.29) is 5.23 Å². The Morgan fingerprint density at radius 1 is 1.86 bits per heavy atom. The van der Waals surface area contributed by atoms with Crippen molar-refractivity contribution in [3.05, 3.63) is 0 Å². The SMILES string of the molecule is CON(O)C(=O)O. The number of hydrogen-bond acceptors (Lipinski definition) is 3. The average Bonchev–Trinajstić information content (AvgIpc) is 1.65. The molecule has 0 radical (unpaired) electrons. The molecule has 0 saturated carbocycles. The summed E-state index contributed by atoms with van der Waals surface area (Å²) in [5.74, 6) is 0. The fraction of sp³-hybridized carbons (Fsp3) is 0.500. The van der Waals surface area contributed by atoms with Crippen molar-refractivity contribution in [2.45, 2.75) is 0 Å². The van der Waals surface area contributed by atoms with E-state index >= 15 is 0 Å². The second kappa shape index (κ2) is 2.38. The summed E-state index contributed by atoms with van der Waals surface area (Å²) in [6.45, 7) is 0. The molecule has 0 aliphatic carbocycles. The maximum absolute atomic E-state index is 9.48. The normalized spacial score (nSPS) is 8.29. The van der Waals surface area contributed by atoms with Crippen molar-refractivity contribution in [2.75, 3.05) is 7.11 Å². The summed E-state index contributed by atoms with van der Waals surface area (Å²) < 4.78 is 0. The Morgan fingerprint density at radius 3 is 2.29 bits per heavy atom. The molecule has 0 aliphatic rings. The number of amides is 1. The van der Waals surface area contributed by atoms with Crippen molar-refractivity contribution >= 4 is 6.09 Å². The van der Waals surface area contributed by atoms with Crippen LogP contribution in [0.3, 0.4) is 0 Å². The number of nitrogens with zero attached hydrogens (tertiary/aromatic N) is 1. The first-order valence-electron chi connectivity index (χ1n) is 1.44. The lowest BCUT2D eigenvalue weighted by Gasteiger charge is -2.02. The molecule has 0 rings (SSSR count). The highest BCUT2D eigenvalue weighted by Crippen LogP contribution is 1.77. The standard InChI is InChI=1S/C2H5NO4/c1-7-3(6)2(4)5/h6H,1H3,(H,4,5). The molecule has 0 aliphatic heterocycles. The molecule has 0 saturated heterocycles. The predicted molar refractivity (Wildman–Crippen MR) is 18.7 cm³/mol. The number of hydrogen-bond donors (Lipinski definition) is 2. The van der Waals surface area contributed by atoms with Gasteiger partial charge in [0.15, 0.2) is 0 Å². The van der Waals surface area contributed by atoms with Crippen molar-refractivity contribution in [1.29, 1.82) is 0 Å². The van der Waals surface area contributed by atoms with Crippen LogP contribution in [0.1, 0.15) is 0 Å². The van der Waals surface area contributed by atoms with E-state index in [1.165, 1.54) is 0 Å². The van der Waals surface area contributed by atoms with Gasteiger partial charge in [-0.3, -0.25) is 5.21 Å². The van der Waals surface area contributed by atoms with E-state index < -0.39 is 6.09 Å². The van der Waals surface area contributed by atoms with Crippen LogP contribution in [0.25, 0.3) is 0 Å². The van der Waals surface area contributed by atoms with E-state index in [9.17, 15) is 4.79 Å². The van der Waals surface area contributed by atoms with E-state index in [1.54, 1.807) is 0 Å². The first kappa shape index (κ1) is 6.19. The second-order valence-electron chi connectivity index (χ2n) is 0.738. The summed E-state index contributed by atoms with van der Waals surface area (Å²) in [4.78, 5) is 13.3. The lowest BCUT2D eigenvalue weighted by molar-refractivity contribution is -0.288. The molecule has 0 atom stereocenters. The maximum atomic E-state index is 9.48. The first-order chi connectivity index (χ1) is 3.18. The monoisotopic (exact) mass is 107 g/mol. The molecule has 42 valence electrons. The van der Waals surface area contributed by atoms with Crippen LogP contribution in [-0.2, 0) is 4.84 Å². The average molecular weight is 107 g/mol. The number of hydroxylamine groups is 2. The molecule has 0 fully saturated rings. The molecule has 2 N–H and O–H groups in total. The van der Waals surface area contributed by atoms with Crippen LogP contribution in [0.2, 0.25) is 0 Å². The third kappa shape index (κ3) is 1.96. The van der Waals surface area contributed by atoms with Gasteiger partial charge in [-0.2, -0.15) is 0 Å². The molecule has 5 nitrogen and oxygen atoms in total. The van der Waals surface area contributed by atoms with Gasteiger partial charge in [0.2, 0.25) is 0 Å². The number of rotatable bonds is 1. The predicted octanol–water partition coefficient (Wildman–Crippen LogP) is -0.0830. The van der Waals surface area contributed by atoms with E-state index in [0.29, 0.717) is 0 Å². The zero-order chi connectivity index (χ0) is 5.86. The Labute approximate surface area is 39.6 Å². The van der Waals surface area contributed by atoms with E-state index in [2.05, 4.69) is 4.84 Å². The number of carbonyl (C=O) groups is 1. The van der Waals surface area contributed by atoms with Crippen LogP contribution < -0.4 is 0 Å². The highest BCUT2D eigenvalue weighted by atomic mass is 16.9. The van der Waals surface area contributed by atoms with Gasteiger partial charge in [0.05, 0.1) is 7.11 Å². The fourth-order valence-electron chi connectivity index (χ4n) is 0.0781. The maximum Gasteiger partial charge on any atom is 0.457 e. The summed E-state index contributed by atoms with van der Waals surface area (Å²) in [6.07, 6.45) is -1.54. The smallest absolute Gasteiger partial charge is 0.457 e. The number of carboxylic acid groups (broad SMARTS) is 1. The Kier molecular flexibility index (Phi) is 2.10. The summed E-state index contributed by atoms with van der Waals surface area (Å²) in [5, 5.41) is 15.4. The van der Waals surface area contributed by atoms with Crippen LogP contribution in [0.4, 0.5) is 4.79 Å². The van der Waals surface area contributed by atoms with Crippen molar-refractivity contribution < 1.29 is 19.9 Å². The summed E-state index contributed by atoms with van der Waals surface area (Å²) >= 11 is 0. The molecule has 0 heterocycles.